The highest BCUT2D eigenvalue weighted by Gasteiger charge is 2.28. The summed E-state index contributed by atoms with van der Waals surface area (Å²) in [6.45, 7) is 1.92. The maximum Gasteiger partial charge on any atom is 0.227 e. The van der Waals surface area contributed by atoms with Gasteiger partial charge in [0.2, 0.25) is 11.9 Å². The van der Waals surface area contributed by atoms with E-state index in [-0.39, 0.29) is 17.6 Å². The van der Waals surface area contributed by atoms with Crippen LogP contribution < -0.4 is 15.0 Å². The Kier molecular flexibility index (Phi) is 6.59. The highest BCUT2D eigenvalue weighted by Crippen LogP contribution is 2.30. The van der Waals surface area contributed by atoms with Gasteiger partial charge in [-0.1, -0.05) is 35.9 Å². The smallest absolute Gasteiger partial charge is 0.227 e. The molecule has 5 rings (SSSR count). The first-order valence-electron chi connectivity index (χ1n) is 11.6. The lowest BCUT2D eigenvalue weighted by molar-refractivity contribution is -0.120. The van der Waals surface area contributed by atoms with Crippen molar-refractivity contribution < 1.29 is 13.9 Å². The van der Waals surface area contributed by atoms with Crippen molar-refractivity contribution in [2.24, 2.45) is 5.92 Å². The summed E-state index contributed by atoms with van der Waals surface area (Å²) in [7, 11) is 1.56. The lowest BCUT2D eigenvalue weighted by atomic mass is 9.96. The van der Waals surface area contributed by atoms with Crippen LogP contribution in [0.2, 0.25) is 5.02 Å². The number of fused-ring (bicyclic) bond motifs is 1. The van der Waals surface area contributed by atoms with E-state index in [9.17, 15) is 9.18 Å². The predicted octanol–water partition coefficient (Wildman–Crippen LogP) is 5.74. The van der Waals surface area contributed by atoms with Crippen molar-refractivity contribution in [1.82, 2.24) is 9.55 Å². The molecule has 0 spiro atoms. The van der Waals surface area contributed by atoms with Crippen LogP contribution in [0.25, 0.3) is 11.0 Å². The number of methoxy groups -OCH3 is 1. The van der Waals surface area contributed by atoms with E-state index < -0.39 is 0 Å². The molecule has 1 N–H and O–H groups in total. The van der Waals surface area contributed by atoms with E-state index in [1.807, 2.05) is 30.3 Å². The van der Waals surface area contributed by atoms with Gasteiger partial charge in [0.05, 0.1) is 29.7 Å². The number of carbonyl (C=O) groups is 1. The van der Waals surface area contributed by atoms with Crippen LogP contribution in [0, 0.1) is 11.7 Å². The van der Waals surface area contributed by atoms with Gasteiger partial charge in [0, 0.05) is 24.7 Å². The summed E-state index contributed by atoms with van der Waals surface area (Å²) in [5, 5.41) is 3.43. The van der Waals surface area contributed by atoms with E-state index in [1.165, 1.54) is 6.07 Å². The van der Waals surface area contributed by atoms with Crippen LogP contribution in [0.5, 0.6) is 5.75 Å². The van der Waals surface area contributed by atoms with Crippen molar-refractivity contribution in [2.45, 2.75) is 19.4 Å². The Balaban J connectivity index is 1.31. The third kappa shape index (κ3) is 4.95. The number of carbonyl (C=O) groups excluding carboxylic acids is 1. The summed E-state index contributed by atoms with van der Waals surface area (Å²) in [5.74, 6) is 1.04. The fourth-order valence-electron chi connectivity index (χ4n) is 4.61. The SMILES string of the molecule is COc1ccc(NC(=O)C2CCN(c3nc4ccccc4n3Cc3cccc(F)c3)CC2)cc1Cl. The monoisotopic (exact) mass is 492 g/mol. The highest BCUT2D eigenvalue weighted by atomic mass is 35.5. The van der Waals surface area contributed by atoms with Gasteiger partial charge in [-0.2, -0.15) is 0 Å². The molecule has 1 aromatic heterocycles. The maximum atomic E-state index is 13.8. The number of imidazole rings is 1. The van der Waals surface area contributed by atoms with Crippen LogP contribution in [0.3, 0.4) is 0 Å². The molecule has 1 saturated heterocycles. The van der Waals surface area contributed by atoms with Crippen LogP contribution in [0.1, 0.15) is 18.4 Å². The molecular formula is C27H26ClFN4O2. The van der Waals surface area contributed by atoms with Crippen molar-refractivity contribution in [2.75, 3.05) is 30.4 Å². The first-order valence-corrected chi connectivity index (χ1v) is 12.0. The number of piperidine rings is 1. The minimum atomic E-state index is -0.251. The molecule has 0 unspecified atom stereocenters. The largest absolute Gasteiger partial charge is 0.495 e. The molecule has 180 valence electrons. The number of aromatic nitrogens is 2. The van der Waals surface area contributed by atoms with Crippen LogP contribution in [0.15, 0.2) is 66.7 Å². The zero-order valence-electron chi connectivity index (χ0n) is 19.4. The Labute approximate surface area is 208 Å². The first-order chi connectivity index (χ1) is 17.0. The lowest BCUT2D eigenvalue weighted by Gasteiger charge is -2.32. The van der Waals surface area contributed by atoms with E-state index >= 15 is 0 Å². The second-order valence-corrected chi connectivity index (χ2v) is 9.12. The second-order valence-electron chi connectivity index (χ2n) is 8.72. The predicted molar refractivity (Wildman–Crippen MR) is 137 cm³/mol. The molecule has 8 heteroatoms. The number of benzene rings is 3. The molecule has 1 fully saturated rings. The van der Waals surface area contributed by atoms with Crippen LogP contribution >= 0.6 is 11.6 Å². The number of halogens is 2. The summed E-state index contributed by atoms with van der Waals surface area (Å²) in [6.07, 6.45) is 1.41. The molecule has 0 aliphatic carbocycles. The highest BCUT2D eigenvalue weighted by molar-refractivity contribution is 6.32. The van der Waals surface area contributed by atoms with Crippen LogP contribution in [-0.2, 0) is 11.3 Å². The number of amides is 1. The zero-order valence-corrected chi connectivity index (χ0v) is 20.1. The molecule has 0 atom stereocenters. The molecule has 1 aliphatic heterocycles. The minimum absolute atomic E-state index is 0.0147. The van der Waals surface area contributed by atoms with Crippen molar-refractivity contribution in [3.05, 3.63) is 83.1 Å². The lowest BCUT2D eigenvalue weighted by Crippen LogP contribution is -2.39. The number of para-hydroxylation sites is 2. The van der Waals surface area contributed by atoms with Gasteiger partial charge in [-0.15, -0.1) is 0 Å². The molecular weight excluding hydrogens is 467 g/mol. The zero-order chi connectivity index (χ0) is 24.4. The van der Waals surface area contributed by atoms with E-state index in [0.717, 1.165) is 22.5 Å². The molecule has 1 amide bonds. The summed E-state index contributed by atoms with van der Waals surface area (Å²) in [4.78, 5) is 20.0. The number of hydrogen-bond donors (Lipinski definition) is 1. The van der Waals surface area contributed by atoms with Crippen molar-refractivity contribution in [3.8, 4) is 5.75 Å². The number of rotatable bonds is 6. The van der Waals surface area contributed by atoms with Crippen molar-refractivity contribution in [3.63, 3.8) is 0 Å². The van der Waals surface area contributed by atoms with E-state index in [1.54, 1.807) is 37.4 Å². The summed E-state index contributed by atoms with van der Waals surface area (Å²) < 4.78 is 21.1. The molecule has 3 aromatic carbocycles. The summed E-state index contributed by atoms with van der Waals surface area (Å²) in [5.41, 5.74) is 3.43. The number of hydrogen-bond acceptors (Lipinski definition) is 4. The third-order valence-electron chi connectivity index (χ3n) is 6.43. The normalized spacial score (nSPS) is 14.3. The quantitative estimate of drug-likeness (QED) is 0.373. The molecule has 6 nitrogen and oxygen atoms in total. The summed E-state index contributed by atoms with van der Waals surface area (Å²) in [6, 6.07) is 19.8. The second kappa shape index (κ2) is 9.96. The van der Waals surface area contributed by atoms with Gasteiger partial charge in [-0.25, -0.2) is 9.37 Å². The number of nitrogens with one attached hydrogen (secondary N) is 1. The van der Waals surface area contributed by atoms with Gasteiger partial charge in [-0.3, -0.25) is 4.79 Å². The molecule has 0 radical (unpaired) electrons. The standard InChI is InChI=1S/C27H26ClFN4O2/c1-35-25-10-9-21(16-22(25)28)30-26(34)19-11-13-32(14-12-19)27-31-23-7-2-3-8-24(23)33(27)17-18-5-4-6-20(29)15-18/h2-10,15-16,19H,11-14,17H2,1H3,(H,30,34). The number of nitrogens with zero attached hydrogens (tertiary/aromatic N) is 3. The fourth-order valence-corrected chi connectivity index (χ4v) is 4.87. The molecule has 35 heavy (non-hydrogen) atoms. The third-order valence-corrected chi connectivity index (χ3v) is 6.73. The molecule has 1 aliphatic rings. The Hall–Kier alpha value is -3.58. The number of ether oxygens (including phenoxy) is 1. The van der Waals surface area contributed by atoms with Gasteiger partial charge < -0.3 is 19.5 Å². The van der Waals surface area contributed by atoms with Gasteiger partial charge >= 0.3 is 0 Å². The van der Waals surface area contributed by atoms with Gasteiger partial charge in [0.25, 0.3) is 0 Å². The minimum Gasteiger partial charge on any atom is -0.495 e. The van der Waals surface area contributed by atoms with Crippen molar-refractivity contribution >= 4 is 40.2 Å². The molecule has 2 heterocycles. The van der Waals surface area contributed by atoms with Gasteiger partial charge in [0.1, 0.15) is 11.6 Å². The average Bonchev–Trinajstić information content (AvgIpc) is 3.22. The van der Waals surface area contributed by atoms with Crippen molar-refractivity contribution in [1.29, 1.82) is 0 Å². The Bertz CT molecular complexity index is 1360. The molecule has 0 saturated carbocycles. The summed E-state index contributed by atoms with van der Waals surface area (Å²) >= 11 is 6.19. The van der Waals surface area contributed by atoms with Crippen LogP contribution in [0.4, 0.5) is 16.0 Å². The first kappa shape index (κ1) is 23.2. The Morgan fingerprint density at radius 1 is 1.11 bits per heavy atom. The maximum absolute atomic E-state index is 13.8. The van der Waals surface area contributed by atoms with Gasteiger partial charge in [-0.05, 0) is 60.9 Å². The van der Waals surface area contributed by atoms with E-state index in [2.05, 4.69) is 14.8 Å². The van der Waals surface area contributed by atoms with E-state index in [0.29, 0.717) is 48.9 Å². The average molecular weight is 493 g/mol. The Morgan fingerprint density at radius 2 is 1.91 bits per heavy atom. The Morgan fingerprint density at radius 3 is 2.66 bits per heavy atom. The molecule has 4 aromatic rings. The topological polar surface area (TPSA) is 59.4 Å². The van der Waals surface area contributed by atoms with Crippen LogP contribution in [-0.4, -0.2) is 35.7 Å². The molecule has 0 bridgehead atoms. The fraction of sp³-hybridized carbons (Fsp3) is 0.259. The van der Waals surface area contributed by atoms with Gasteiger partial charge in [0.15, 0.2) is 0 Å². The number of anilines is 2. The van der Waals surface area contributed by atoms with E-state index in [4.69, 9.17) is 21.3 Å².